The van der Waals surface area contributed by atoms with E-state index in [2.05, 4.69) is 17.6 Å². The number of hydrogen-bond donors (Lipinski definition) is 2. The Kier molecular flexibility index (Phi) is 5.98. The molecule has 1 saturated heterocycles. The summed E-state index contributed by atoms with van der Waals surface area (Å²) in [5, 5.41) is 6.19. The van der Waals surface area contributed by atoms with E-state index in [-0.39, 0.29) is 24.3 Å². The van der Waals surface area contributed by atoms with Crippen LogP contribution < -0.4 is 15.4 Å². The van der Waals surface area contributed by atoms with Gasteiger partial charge in [0, 0.05) is 32.6 Å². The van der Waals surface area contributed by atoms with Crippen molar-refractivity contribution in [2.24, 2.45) is 0 Å². The topological polar surface area (TPSA) is 70.7 Å². The van der Waals surface area contributed by atoms with Crippen LogP contribution in [-0.4, -0.2) is 49.5 Å². The summed E-state index contributed by atoms with van der Waals surface area (Å²) in [7, 11) is 1.61. The zero-order valence-electron chi connectivity index (χ0n) is 14.0. The summed E-state index contributed by atoms with van der Waals surface area (Å²) in [4.78, 5) is 25.9. The Morgan fingerprint density at radius 2 is 2.09 bits per heavy atom. The number of methoxy groups -OCH3 is 1. The molecule has 1 aliphatic rings. The lowest BCUT2D eigenvalue weighted by atomic mass is 10.0. The minimum absolute atomic E-state index is 0.0629. The summed E-state index contributed by atoms with van der Waals surface area (Å²) in [6.07, 6.45) is 0.263. The Morgan fingerprint density at radius 3 is 2.65 bits per heavy atom. The van der Waals surface area contributed by atoms with Gasteiger partial charge in [-0.25, -0.2) is 0 Å². The molecule has 0 saturated carbocycles. The van der Waals surface area contributed by atoms with Crippen LogP contribution in [0.1, 0.15) is 31.9 Å². The summed E-state index contributed by atoms with van der Waals surface area (Å²) in [6.45, 7) is 5.75. The highest BCUT2D eigenvalue weighted by molar-refractivity contribution is 5.79. The lowest BCUT2D eigenvalue weighted by Crippen LogP contribution is -2.51. The predicted octanol–water partition coefficient (Wildman–Crippen LogP) is 1.08. The third-order valence-electron chi connectivity index (χ3n) is 4.00. The van der Waals surface area contributed by atoms with E-state index in [1.807, 2.05) is 29.2 Å². The molecular weight excluding hydrogens is 294 g/mol. The SMILES string of the molecule is COc1ccc([C@H](CC(=O)N2CCN[C@H](C)C2)NC(C)=O)cc1. The second kappa shape index (κ2) is 7.97. The number of hydrogen-bond acceptors (Lipinski definition) is 4. The average molecular weight is 319 g/mol. The van der Waals surface area contributed by atoms with Crippen LogP contribution in [0, 0.1) is 0 Å². The van der Waals surface area contributed by atoms with Gasteiger partial charge in [0.1, 0.15) is 5.75 Å². The number of nitrogens with one attached hydrogen (secondary N) is 2. The highest BCUT2D eigenvalue weighted by atomic mass is 16.5. The molecule has 2 N–H and O–H groups in total. The van der Waals surface area contributed by atoms with E-state index in [9.17, 15) is 9.59 Å². The van der Waals surface area contributed by atoms with E-state index >= 15 is 0 Å². The third-order valence-corrected chi connectivity index (χ3v) is 4.00. The van der Waals surface area contributed by atoms with Crippen LogP contribution in [0.5, 0.6) is 5.75 Å². The first-order chi connectivity index (χ1) is 11.0. The second-order valence-electron chi connectivity index (χ2n) is 5.93. The molecule has 23 heavy (non-hydrogen) atoms. The van der Waals surface area contributed by atoms with E-state index in [0.29, 0.717) is 19.1 Å². The Hall–Kier alpha value is -2.08. The Morgan fingerprint density at radius 1 is 1.39 bits per heavy atom. The molecule has 126 valence electrons. The summed E-state index contributed by atoms with van der Waals surface area (Å²) < 4.78 is 5.15. The molecule has 6 nitrogen and oxygen atoms in total. The van der Waals surface area contributed by atoms with Gasteiger partial charge in [0.2, 0.25) is 11.8 Å². The molecule has 2 atom stereocenters. The number of rotatable bonds is 5. The normalized spacial score (nSPS) is 19.1. The zero-order valence-corrected chi connectivity index (χ0v) is 14.0. The standard InChI is InChI=1S/C17H25N3O3/c1-12-11-20(9-8-18-12)17(22)10-16(19-13(2)21)14-4-6-15(23-3)7-5-14/h4-7,12,16,18H,8-11H2,1-3H3,(H,19,21)/t12-,16+/m1/s1. The van der Waals surface area contributed by atoms with Gasteiger partial charge in [-0.1, -0.05) is 12.1 Å². The Balaban J connectivity index is 2.08. The molecule has 0 aliphatic carbocycles. The zero-order chi connectivity index (χ0) is 16.8. The van der Waals surface area contributed by atoms with Crippen LogP contribution in [0.25, 0.3) is 0 Å². The summed E-state index contributed by atoms with van der Waals surface area (Å²) in [5.41, 5.74) is 0.900. The maximum absolute atomic E-state index is 12.6. The third kappa shape index (κ3) is 4.96. The molecule has 0 unspecified atom stereocenters. The van der Waals surface area contributed by atoms with Crippen LogP contribution in [0.3, 0.4) is 0 Å². The van der Waals surface area contributed by atoms with Crippen molar-refractivity contribution in [2.75, 3.05) is 26.7 Å². The van der Waals surface area contributed by atoms with Gasteiger partial charge < -0.3 is 20.3 Å². The van der Waals surface area contributed by atoms with Gasteiger partial charge in [0.05, 0.1) is 19.6 Å². The number of amides is 2. The van der Waals surface area contributed by atoms with E-state index in [4.69, 9.17) is 4.74 Å². The van der Waals surface area contributed by atoms with Crippen molar-refractivity contribution in [3.63, 3.8) is 0 Å². The van der Waals surface area contributed by atoms with Crippen molar-refractivity contribution in [1.29, 1.82) is 0 Å². The number of piperazine rings is 1. The molecule has 0 aromatic heterocycles. The molecular formula is C17H25N3O3. The first-order valence-electron chi connectivity index (χ1n) is 7.92. The lowest BCUT2D eigenvalue weighted by molar-refractivity contribution is -0.133. The van der Waals surface area contributed by atoms with Gasteiger partial charge in [0.25, 0.3) is 0 Å². The molecule has 0 bridgehead atoms. The highest BCUT2D eigenvalue weighted by Crippen LogP contribution is 2.21. The predicted molar refractivity (Wildman–Crippen MR) is 88.2 cm³/mol. The number of carbonyl (C=O) groups excluding carboxylic acids is 2. The highest BCUT2D eigenvalue weighted by Gasteiger charge is 2.24. The first-order valence-corrected chi connectivity index (χ1v) is 7.92. The van der Waals surface area contributed by atoms with Crippen molar-refractivity contribution < 1.29 is 14.3 Å². The molecule has 1 aliphatic heterocycles. The van der Waals surface area contributed by atoms with Crippen molar-refractivity contribution in [1.82, 2.24) is 15.5 Å². The van der Waals surface area contributed by atoms with Gasteiger partial charge >= 0.3 is 0 Å². The summed E-state index contributed by atoms with van der Waals surface area (Å²) >= 11 is 0. The number of benzene rings is 1. The molecule has 2 rings (SSSR count). The largest absolute Gasteiger partial charge is 0.497 e. The summed E-state index contributed by atoms with van der Waals surface area (Å²) in [6, 6.07) is 7.41. The molecule has 1 fully saturated rings. The Bertz CT molecular complexity index is 545. The van der Waals surface area contributed by atoms with Crippen LogP contribution in [0.15, 0.2) is 24.3 Å². The van der Waals surface area contributed by atoms with Crippen molar-refractivity contribution in [2.45, 2.75) is 32.4 Å². The van der Waals surface area contributed by atoms with Gasteiger partial charge in [0.15, 0.2) is 0 Å². The van der Waals surface area contributed by atoms with E-state index in [0.717, 1.165) is 17.9 Å². The number of carbonyl (C=O) groups is 2. The molecule has 6 heteroatoms. The quantitative estimate of drug-likeness (QED) is 0.852. The van der Waals surface area contributed by atoms with Gasteiger partial charge in [-0.2, -0.15) is 0 Å². The van der Waals surface area contributed by atoms with Gasteiger partial charge in [-0.05, 0) is 24.6 Å². The molecule has 1 aromatic carbocycles. The van der Waals surface area contributed by atoms with Crippen LogP contribution >= 0.6 is 0 Å². The summed E-state index contributed by atoms with van der Waals surface area (Å²) in [5.74, 6) is 0.665. The maximum Gasteiger partial charge on any atom is 0.225 e. The van der Waals surface area contributed by atoms with Crippen LogP contribution in [-0.2, 0) is 9.59 Å². The van der Waals surface area contributed by atoms with E-state index in [1.54, 1.807) is 7.11 Å². The Labute approximate surface area is 137 Å². The molecule has 0 spiro atoms. The van der Waals surface area contributed by atoms with Gasteiger partial charge in [-0.3, -0.25) is 9.59 Å². The second-order valence-corrected chi connectivity index (χ2v) is 5.93. The van der Waals surface area contributed by atoms with Crippen LogP contribution in [0.4, 0.5) is 0 Å². The minimum atomic E-state index is -0.323. The fourth-order valence-electron chi connectivity index (χ4n) is 2.80. The first kappa shape index (κ1) is 17.3. The monoisotopic (exact) mass is 319 g/mol. The minimum Gasteiger partial charge on any atom is -0.497 e. The van der Waals surface area contributed by atoms with E-state index in [1.165, 1.54) is 6.92 Å². The number of ether oxygens (including phenoxy) is 1. The van der Waals surface area contributed by atoms with E-state index < -0.39 is 0 Å². The molecule has 2 amide bonds. The fourth-order valence-corrected chi connectivity index (χ4v) is 2.80. The van der Waals surface area contributed by atoms with Crippen LogP contribution in [0.2, 0.25) is 0 Å². The molecule has 1 heterocycles. The maximum atomic E-state index is 12.6. The number of nitrogens with zero attached hydrogens (tertiary/aromatic N) is 1. The smallest absolute Gasteiger partial charge is 0.225 e. The van der Waals surface area contributed by atoms with Crippen molar-refractivity contribution in [3.05, 3.63) is 29.8 Å². The van der Waals surface area contributed by atoms with Gasteiger partial charge in [-0.15, -0.1) is 0 Å². The molecule has 0 radical (unpaired) electrons. The lowest BCUT2D eigenvalue weighted by Gasteiger charge is -2.33. The molecule has 1 aromatic rings. The van der Waals surface area contributed by atoms with Crippen molar-refractivity contribution >= 4 is 11.8 Å². The van der Waals surface area contributed by atoms with Crippen molar-refractivity contribution in [3.8, 4) is 5.75 Å². The average Bonchev–Trinajstić information content (AvgIpc) is 2.54. The fraction of sp³-hybridized carbons (Fsp3) is 0.529.